The maximum atomic E-state index is 4.46. The van der Waals surface area contributed by atoms with Crippen LogP contribution in [0.25, 0.3) is 0 Å². The summed E-state index contributed by atoms with van der Waals surface area (Å²) in [5, 5.41) is 0. The SMILES string of the molecule is CC(C)(S)CSc1ccccc1. The molecule has 0 aromatic heterocycles. The van der Waals surface area contributed by atoms with E-state index in [9.17, 15) is 0 Å². The average Bonchev–Trinajstić information content (AvgIpc) is 2.02. The Bertz CT molecular complexity index is 223. The van der Waals surface area contributed by atoms with Crippen LogP contribution < -0.4 is 0 Å². The van der Waals surface area contributed by atoms with E-state index in [1.807, 2.05) is 17.8 Å². The van der Waals surface area contributed by atoms with Crippen LogP contribution in [-0.2, 0) is 0 Å². The van der Waals surface area contributed by atoms with Crippen molar-refractivity contribution in [3.05, 3.63) is 30.3 Å². The van der Waals surface area contributed by atoms with Crippen LogP contribution in [0.3, 0.4) is 0 Å². The van der Waals surface area contributed by atoms with Crippen molar-refractivity contribution in [1.82, 2.24) is 0 Å². The van der Waals surface area contributed by atoms with Gasteiger partial charge in [-0.25, -0.2) is 0 Å². The quantitative estimate of drug-likeness (QED) is 0.573. The van der Waals surface area contributed by atoms with Crippen LogP contribution in [-0.4, -0.2) is 10.5 Å². The van der Waals surface area contributed by atoms with Crippen molar-refractivity contribution >= 4 is 24.4 Å². The molecule has 0 N–H and O–H groups in total. The molecule has 0 aliphatic rings. The fourth-order valence-corrected chi connectivity index (χ4v) is 1.84. The van der Waals surface area contributed by atoms with Crippen LogP contribution in [0.5, 0.6) is 0 Å². The Kier molecular flexibility index (Phi) is 3.53. The zero-order valence-corrected chi connectivity index (χ0v) is 9.16. The third-order valence-corrected chi connectivity index (χ3v) is 3.18. The molecule has 0 heterocycles. The molecule has 0 nitrogen and oxygen atoms in total. The van der Waals surface area contributed by atoms with Gasteiger partial charge in [-0.1, -0.05) is 32.0 Å². The van der Waals surface area contributed by atoms with Crippen LogP contribution in [0.1, 0.15) is 13.8 Å². The fourth-order valence-electron chi connectivity index (χ4n) is 0.777. The first-order valence-corrected chi connectivity index (χ1v) is 5.41. The van der Waals surface area contributed by atoms with Crippen LogP contribution in [0, 0.1) is 0 Å². The van der Waals surface area contributed by atoms with Gasteiger partial charge in [-0.05, 0) is 12.1 Å². The van der Waals surface area contributed by atoms with Crippen molar-refractivity contribution in [1.29, 1.82) is 0 Å². The number of thiol groups is 1. The summed E-state index contributed by atoms with van der Waals surface area (Å²) >= 11 is 6.32. The monoisotopic (exact) mass is 198 g/mol. The molecule has 0 spiro atoms. The van der Waals surface area contributed by atoms with E-state index < -0.39 is 0 Å². The Balaban J connectivity index is 2.44. The second-order valence-electron chi connectivity index (χ2n) is 3.41. The van der Waals surface area contributed by atoms with E-state index in [-0.39, 0.29) is 4.75 Å². The summed E-state index contributed by atoms with van der Waals surface area (Å²) < 4.78 is 0.112. The van der Waals surface area contributed by atoms with Crippen LogP contribution in [0.2, 0.25) is 0 Å². The molecule has 0 aliphatic carbocycles. The summed E-state index contributed by atoms with van der Waals surface area (Å²) in [4.78, 5) is 1.32. The zero-order chi connectivity index (χ0) is 9.03. The molecular formula is C10H14S2. The lowest BCUT2D eigenvalue weighted by Gasteiger charge is -2.15. The molecule has 0 fully saturated rings. The summed E-state index contributed by atoms with van der Waals surface area (Å²) in [5.74, 6) is 1.04. The summed E-state index contributed by atoms with van der Waals surface area (Å²) in [7, 11) is 0. The van der Waals surface area contributed by atoms with Crippen LogP contribution in [0.4, 0.5) is 0 Å². The van der Waals surface area contributed by atoms with Gasteiger partial charge in [0, 0.05) is 15.4 Å². The topological polar surface area (TPSA) is 0 Å². The molecule has 0 bridgehead atoms. The van der Waals surface area contributed by atoms with Gasteiger partial charge in [0.25, 0.3) is 0 Å². The van der Waals surface area contributed by atoms with Crippen molar-refractivity contribution in [2.45, 2.75) is 23.5 Å². The Morgan fingerprint density at radius 1 is 1.25 bits per heavy atom. The van der Waals surface area contributed by atoms with Gasteiger partial charge in [-0.3, -0.25) is 0 Å². The highest BCUT2D eigenvalue weighted by Gasteiger charge is 2.10. The van der Waals surface area contributed by atoms with Gasteiger partial charge in [0.05, 0.1) is 0 Å². The summed E-state index contributed by atoms with van der Waals surface area (Å²) in [6.45, 7) is 4.26. The molecule has 0 amide bonds. The van der Waals surface area contributed by atoms with E-state index in [0.717, 1.165) is 5.75 Å². The summed E-state index contributed by atoms with van der Waals surface area (Å²) in [6, 6.07) is 10.4. The van der Waals surface area contributed by atoms with E-state index in [1.54, 1.807) is 0 Å². The first kappa shape index (κ1) is 10.0. The Labute approximate surface area is 84.2 Å². The van der Waals surface area contributed by atoms with Gasteiger partial charge in [0.1, 0.15) is 0 Å². The van der Waals surface area contributed by atoms with E-state index in [0.29, 0.717) is 0 Å². The molecule has 0 atom stereocenters. The maximum absolute atomic E-state index is 4.46. The number of benzene rings is 1. The first-order valence-electron chi connectivity index (χ1n) is 3.98. The van der Waals surface area contributed by atoms with Crippen molar-refractivity contribution in [3.63, 3.8) is 0 Å². The molecule has 0 saturated carbocycles. The zero-order valence-electron chi connectivity index (χ0n) is 7.45. The number of hydrogen-bond donors (Lipinski definition) is 1. The lowest BCUT2D eigenvalue weighted by Crippen LogP contribution is -2.13. The lowest BCUT2D eigenvalue weighted by molar-refractivity contribution is 0.825. The Morgan fingerprint density at radius 2 is 1.83 bits per heavy atom. The minimum Gasteiger partial charge on any atom is -0.172 e. The van der Waals surface area contributed by atoms with E-state index in [1.165, 1.54) is 4.90 Å². The van der Waals surface area contributed by atoms with Crippen LogP contribution in [0.15, 0.2) is 35.2 Å². The molecule has 0 aliphatic heterocycles. The second-order valence-corrected chi connectivity index (χ2v) is 5.67. The van der Waals surface area contributed by atoms with E-state index >= 15 is 0 Å². The van der Waals surface area contributed by atoms with Crippen LogP contribution >= 0.6 is 24.4 Å². The number of hydrogen-bond acceptors (Lipinski definition) is 2. The summed E-state index contributed by atoms with van der Waals surface area (Å²) in [6.07, 6.45) is 0. The minimum atomic E-state index is 0.112. The smallest absolute Gasteiger partial charge is 0.0167 e. The predicted molar refractivity (Wildman–Crippen MR) is 60.2 cm³/mol. The van der Waals surface area contributed by atoms with Gasteiger partial charge >= 0.3 is 0 Å². The molecular weight excluding hydrogens is 184 g/mol. The largest absolute Gasteiger partial charge is 0.172 e. The van der Waals surface area contributed by atoms with Crippen molar-refractivity contribution in [2.75, 3.05) is 5.75 Å². The van der Waals surface area contributed by atoms with Gasteiger partial charge in [-0.2, -0.15) is 12.6 Å². The van der Waals surface area contributed by atoms with Gasteiger partial charge < -0.3 is 0 Å². The molecule has 12 heavy (non-hydrogen) atoms. The molecule has 0 radical (unpaired) electrons. The van der Waals surface area contributed by atoms with Gasteiger partial charge in [-0.15, -0.1) is 11.8 Å². The Hall–Kier alpha value is -0.0800. The van der Waals surface area contributed by atoms with Gasteiger partial charge in [0.2, 0.25) is 0 Å². The molecule has 2 heteroatoms. The van der Waals surface area contributed by atoms with Crippen molar-refractivity contribution < 1.29 is 0 Å². The molecule has 0 unspecified atom stereocenters. The molecule has 66 valence electrons. The Morgan fingerprint density at radius 3 is 2.33 bits per heavy atom. The normalized spacial score (nSPS) is 11.6. The van der Waals surface area contributed by atoms with Crippen molar-refractivity contribution in [3.8, 4) is 0 Å². The number of thioether (sulfide) groups is 1. The highest BCUT2D eigenvalue weighted by molar-refractivity contribution is 8.00. The molecule has 1 aromatic rings. The fraction of sp³-hybridized carbons (Fsp3) is 0.400. The maximum Gasteiger partial charge on any atom is 0.0167 e. The second kappa shape index (κ2) is 4.24. The first-order chi connectivity index (χ1) is 5.58. The molecule has 1 rings (SSSR count). The van der Waals surface area contributed by atoms with Crippen molar-refractivity contribution in [2.24, 2.45) is 0 Å². The molecule has 0 saturated heterocycles. The average molecular weight is 198 g/mol. The standard InChI is InChI=1S/C10H14S2/c1-10(2,11)8-12-9-6-4-3-5-7-9/h3-7,11H,8H2,1-2H3. The van der Waals surface area contributed by atoms with E-state index in [2.05, 4.69) is 50.7 Å². The van der Waals surface area contributed by atoms with Gasteiger partial charge in [0.15, 0.2) is 0 Å². The third kappa shape index (κ3) is 4.07. The molecule has 1 aromatic carbocycles. The predicted octanol–water partition coefficient (Wildman–Crippen LogP) is 3.49. The van der Waals surface area contributed by atoms with E-state index in [4.69, 9.17) is 0 Å². The lowest BCUT2D eigenvalue weighted by atomic mass is 10.2. The minimum absolute atomic E-state index is 0.112. The summed E-state index contributed by atoms with van der Waals surface area (Å²) in [5.41, 5.74) is 0. The number of rotatable bonds is 3. The highest BCUT2D eigenvalue weighted by Crippen LogP contribution is 2.25. The highest BCUT2D eigenvalue weighted by atomic mass is 32.2. The third-order valence-electron chi connectivity index (χ3n) is 1.34.